The maximum absolute atomic E-state index is 9.52. The molecular weight excluding hydrogens is 382 g/mol. The largest absolute Gasteiger partial charge is 0.382 e. The molecule has 1 heterocycles. The molecule has 1 aromatic carbocycles. The number of benzene rings is 1. The smallest absolute Gasteiger partial charge is 0.190 e. The van der Waals surface area contributed by atoms with Crippen LogP contribution < -0.4 is 16.4 Å². The Morgan fingerprint density at radius 2 is 1.90 bits per heavy atom. The number of anilines is 1. The number of nitrogen functional groups attached to an aromatic ring is 1. The number of rotatable bonds is 10. The lowest BCUT2D eigenvalue weighted by atomic mass is 10.1. The van der Waals surface area contributed by atoms with Crippen LogP contribution in [0.5, 0.6) is 0 Å². The normalized spacial score (nSPS) is 11.3. The van der Waals surface area contributed by atoms with E-state index in [1.807, 2.05) is 43.0 Å². The molecule has 156 valence electrons. The third-order valence-electron chi connectivity index (χ3n) is 4.56. The van der Waals surface area contributed by atoms with Crippen molar-refractivity contribution in [1.82, 2.24) is 20.4 Å². The summed E-state index contributed by atoms with van der Waals surface area (Å²) in [7, 11) is 1.77. The second kappa shape index (κ2) is 12.0. The summed E-state index contributed by atoms with van der Waals surface area (Å²) < 4.78 is 1.65. The lowest BCUT2D eigenvalue weighted by molar-refractivity contribution is 0.704. The lowest BCUT2D eigenvalue weighted by Crippen LogP contribution is -2.38. The molecule has 8 heteroatoms. The topological polar surface area (TPSA) is 104 Å². The summed E-state index contributed by atoms with van der Waals surface area (Å²) in [5.41, 5.74) is 9.39. The molecule has 0 aliphatic rings. The number of unbranched alkanes of at least 4 members (excludes halogenated alkanes) is 1. The van der Waals surface area contributed by atoms with Crippen LogP contribution in [0.1, 0.15) is 36.1 Å². The van der Waals surface area contributed by atoms with Crippen molar-refractivity contribution in [1.29, 1.82) is 5.26 Å². The Balaban J connectivity index is 1.88. The van der Waals surface area contributed by atoms with E-state index in [2.05, 4.69) is 33.0 Å². The number of aliphatic imine (C=N–C) groups is 1. The minimum absolute atomic E-state index is 0.391. The molecule has 0 aliphatic heterocycles. The first-order valence-electron chi connectivity index (χ1n) is 9.88. The van der Waals surface area contributed by atoms with Gasteiger partial charge in [-0.25, -0.2) is 4.68 Å². The summed E-state index contributed by atoms with van der Waals surface area (Å²) in [6, 6.07) is 10.1. The molecule has 0 amide bonds. The highest BCUT2D eigenvalue weighted by molar-refractivity contribution is 7.98. The van der Waals surface area contributed by atoms with E-state index in [9.17, 15) is 5.26 Å². The van der Waals surface area contributed by atoms with Gasteiger partial charge in [0.05, 0.1) is 11.4 Å². The van der Waals surface area contributed by atoms with Gasteiger partial charge in [0.2, 0.25) is 0 Å². The van der Waals surface area contributed by atoms with E-state index in [1.165, 1.54) is 12.2 Å². The van der Waals surface area contributed by atoms with Crippen LogP contribution in [-0.2, 0) is 6.42 Å². The zero-order valence-corrected chi connectivity index (χ0v) is 18.4. The first kappa shape index (κ1) is 22.6. The molecule has 0 bridgehead atoms. The van der Waals surface area contributed by atoms with Gasteiger partial charge in [-0.2, -0.15) is 22.1 Å². The number of hydrogen-bond acceptors (Lipinski definition) is 5. The molecule has 0 atom stereocenters. The van der Waals surface area contributed by atoms with Crippen molar-refractivity contribution in [2.75, 3.05) is 37.9 Å². The molecule has 0 aliphatic carbocycles. The van der Waals surface area contributed by atoms with Crippen molar-refractivity contribution in [2.24, 2.45) is 4.99 Å². The van der Waals surface area contributed by atoms with E-state index in [1.54, 1.807) is 11.7 Å². The van der Waals surface area contributed by atoms with E-state index in [4.69, 9.17) is 5.73 Å². The van der Waals surface area contributed by atoms with Crippen LogP contribution in [-0.4, -0.2) is 47.9 Å². The van der Waals surface area contributed by atoms with Crippen LogP contribution in [0.4, 0.5) is 5.82 Å². The Kier molecular flexibility index (Phi) is 9.38. The van der Waals surface area contributed by atoms with Gasteiger partial charge in [-0.1, -0.05) is 17.7 Å². The van der Waals surface area contributed by atoms with Gasteiger partial charge < -0.3 is 16.4 Å². The number of guanidine groups is 1. The maximum Gasteiger partial charge on any atom is 0.190 e. The van der Waals surface area contributed by atoms with Gasteiger partial charge in [-0.05, 0) is 56.7 Å². The third-order valence-corrected chi connectivity index (χ3v) is 5.25. The Morgan fingerprint density at radius 1 is 1.21 bits per heavy atom. The predicted octanol–water partition coefficient (Wildman–Crippen LogP) is 2.88. The first-order chi connectivity index (χ1) is 14.1. The lowest BCUT2D eigenvalue weighted by Gasteiger charge is -2.11. The Hall–Kier alpha value is -2.66. The molecule has 0 spiro atoms. The Bertz CT molecular complexity index is 834. The molecule has 29 heavy (non-hydrogen) atoms. The highest BCUT2D eigenvalue weighted by atomic mass is 32.2. The molecule has 0 saturated carbocycles. The van der Waals surface area contributed by atoms with Crippen molar-refractivity contribution in [3.05, 3.63) is 41.1 Å². The maximum atomic E-state index is 9.52. The third kappa shape index (κ3) is 6.71. The van der Waals surface area contributed by atoms with E-state index in [0.717, 1.165) is 48.8 Å². The molecule has 0 radical (unpaired) electrons. The molecule has 0 unspecified atom stereocenters. The van der Waals surface area contributed by atoms with E-state index >= 15 is 0 Å². The van der Waals surface area contributed by atoms with Crippen LogP contribution in [0.3, 0.4) is 0 Å². The number of nitriles is 1. The van der Waals surface area contributed by atoms with Crippen molar-refractivity contribution in [3.8, 4) is 11.8 Å². The fourth-order valence-corrected chi connectivity index (χ4v) is 3.41. The number of aromatic nitrogens is 2. The molecule has 2 aromatic rings. The summed E-state index contributed by atoms with van der Waals surface area (Å²) in [6.45, 7) is 3.69. The minimum atomic E-state index is 0.391. The number of nitrogens with two attached hydrogens (primary N) is 1. The predicted molar refractivity (Wildman–Crippen MR) is 123 cm³/mol. The molecule has 0 fully saturated rings. The summed E-state index contributed by atoms with van der Waals surface area (Å²) in [6.07, 6.45) is 5.95. The van der Waals surface area contributed by atoms with Crippen molar-refractivity contribution in [3.63, 3.8) is 0 Å². The minimum Gasteiger partial charge on any atom is -0.382 e. The zero-order valence-electron chi connectivity index (χ0n) is 17.5. The first-order valence-corrected chi connectivity index (χ1v) is 11.3. The van der Waals surface area contributed by atoms with Crippen LogP contribution in [0.25, 0.3) is 5.69 Å². The van der Waals surface area contributed by atoms with Gasteiger partial charge in [0.25, 0.3) is 0 Å². The van der Waals surface area contributed by atoms with Crippen LogP contribution in [0.15, 0.2) is 29.3 Å². The number of nitrogens with one attached hydrogen (secondary N) is 2. The summed E-state index contributed by atoms with van der Waals surface area (Å²) in [4.78, 5) is 4.25. The Labute approximate surface area is 177 Å². The van der Waals surface area contributed by atoms with E-state index in [0.29, 0.717) is 17.8 Å². The molecule has 4 N–H and O–H groups in total. The van der Waals surface area contributed by atoms with Crippen molar-refractivity contribution >= 4 is 23.5 Å². The van der Waals surface area contributed by atoms with Gasteiger partial charge in [0.1, 0.15) is 17.5 Å². The molecule has 2 rings (SSSR count). The van der Waals surface area contributed by atoms with Crippen molar-refractivity contribution in [2.45, 2.75) is 32.6 Å². The van der Waals surface area contributed by atoms with E-state index < -0.39 is 0 Å². The van der Waals surface area contributed by atoms with Crippen molar-refractivity contribution < 1.29 is 0 Å². The molecular formula is C21H31N7S. The van der Waals surface area contributed by atoms with E-state index in [-0.39, 0.29) is 0 Å². The fraction of sp³-hybridized carbons (Fsp3) is 0.476. The molecule has 7 nitrogen and oxygen atoms in total. The quantitative estimate of drug-likeness (QED) is 0.314. The van der Waals surface area contributed by atoms with Gasteiger partial charge in [-0.3, -0.25) is 4.99 Å². The van der Waals surface area contributed by atoms with Gasteiger partial charge in [-0.15, -0.1) is 0 Å². The molecule has 1 aromatic heterocycles. The second-order valence-corrected chi connectivity index (χ2v) is 7.78. The zero-order chi connectivity index (χ0) is 21.1. The monoisotopic (exact) mass is 413 g/mol. The van der Waals surface area contributed by atoms with Gasteiger partial charge >= 0.3 is 0 Å². The van der Waals surface area contributed by atoms with Crippen LogP contribution in [0.2, 0.25) is 0 Å². The highest BCUT2D eigenvalue weighted by Crippen LogP contribution is 2.21. The average molecular weight is 414 g/mol. The SMILES string of the molecule is CN=C(NCCCCSC)NCCCc1nn(-c2ccc(C)cc2)c(N)c1C#N. The van der Waals surface area contributed by atoms with Gasteiger partial charge in [0, 0.05) is 20.1 Å². The van der Waals surface area contributed by atoms with Crippen LogP contribution in [0, 0.1) is 18.3 Å². The van der Waals surface area contributed by atoms with Crippen LogP contribution >= 0.6 is 11.8 Å². The average Bonchev–Trinajstić information content (AvgIpc) is 3.05. The molecule has 0 saturated heterocycles. The summed E-state index contributed by atoms with van der Waals surface area (Å²) in [5, 5.41) is 20.7. The number of thioether (sulfide) groups is 1. The highest BCUT2D eigenvalue weighted by Gasteiger charge is 2.16. The van der Waals surface area contributed by atoms with Gasteiger partial charge in [0.15, 0.2) is 5.96 Å². The summed E-state index contributed by atoms with van der Waals surface area (Å²) in [5.74, 6) is 2.38. The number of aryl methyl sites for hydroxylation is 2. The second-order valence-electron chi connectivity index (χ2n) is 6.80. The number of hydrogen-bond donors (Lipinski definition) is 3. The Morgan fingerprint density at radius 3 is 2.52 bits per heavy atom. The fourth-order valence-electron chi connectivity index (χ4n) is 2.92. The summed E-state index contributed by atoms with van der Waals surface area (Å²) >= 11 is 1.87. The standard InChI is InChI=1S/C21H31N7S/c1-16-8-10-17(11-9-16)28-20(23)18(15-22)19(27-28)7-6-13-26-21(24-2)25-12-4-5-14-29-3/h8-11H,4-7,12-14,23H2,1-3H3,(H2,24,25,26). The number of nitrogens with zero attached hydrogens (tertiary/aromatic N) is 4.